The van der Waals surface area contributed by atoms with Crippen LogP contribution in [0.5, 0.6) is 0 Å². The van der Waals surface area contributed by atoms with Gasteiger partial charge < -0.3 is 20.9 Å². The van der Waals surface area contributed by atoms with E-state index in [1.807, 2.05) is 0 Å². The minimum Gasteiger partial charge on any atom is -0.477 e. The van der Waals surface area contributed by atoms with Crippen LogP contribution in [0.25, 0.3) is 0 Å². The molecule has 0 aliphatic carbocycles. The number of carboxylic acids is 1. The number of carbonyl (C=O) groups excluding carboxylic acids is 3. The van der Waals surface area contributed by atoms with Crippen LogP contribution in [-0.2, 0) is 23.9 Å². The Balaban J connectivity index is 1.72. The highest BCUT2D eigenvalue weighted by Gasteiger charge is 2.54. The third-order valence-corrected chi connectivity index (χ3v) is 5.78. The Morgan fingerprint density at radius 1 is 1.36 bits per heavy atom. The summed E-state index contributed by atoms with van der Waals surface area (Å²) in [5.41, 5.74) is 6.69. The van der Waals surface area contributed by atoms with Crippen LogP contribution in [0.3, 0.4) is 0 Å². The quantitative estimate of drug-likeness (QED) is 0.444. The van der Waals surface area contributed by atoms with Gasteiger partial charge in [0, 0.05) is 18.2 Å². The number of benzene rings is 1. The topological polar surface area (TPSA) is 139 Å². The van der Waals surface area contributed by atoms with Crippen molar-refractivity contribution >= 4 is 35.5 Å². The number of nitrogens with zero attached hydrogens (tertiary/aromatic N) is 1. The van der Waals surface area contributed by atoms with Crippen LogP contribution in [0.1, 0.15) is 18.5 Å². The number of β-lactam (4-membered cyclic amide) rings is 1. The Morgan fingerprint density at radius 3 is 2.64 bits per heavy atom. The predicted molar refractivity (Wildman–Crippen MR) is 99.7 cm³/mol. The maximum Gasteiger partial charge on any atom is 0.352 e. The van der Waals surface area contributed by atoms with E-state index >= 15 is 0 Å². The van der Waals surface area contributed by atoms with Gasteiger partial charge in [-0.05, 0) is 5.56 Å². The first-order valence-electron chi connectivity index (χ1n) is 8.45. The summed E-state index contributed by atoms with van der Waals surface area (Å²) >= 11 is 1.29. The average molecular weight is 405 g/mol. The molecule has 0 spiro atoms. The van der Waals surface area contributed by atoms with E-state index in [1.54, 1.807) is 30.3 Å². The number of thioether (sulfide) groups is 1. The first-order valence-corrected chi connectivity index (χ1v) is 9.50. The zero-order valence-corrected chi connectivity index (χ0v) is 15.8. The molecule has 0 aromatic heterocycles. The number of carboxylic acid groups (broad SMARTS) is 1. The molecule has 2 heterocycles. The number of fused-ring (bicyclic) bond motifs is 1. The summed E-state index contributed by atoms with van der Waals surface area (Å²) in [6.07, 6.45) is 0. The van der Waals surface area contributed by atoms with Crippen LogP contribution in [-0.4, -0.2) is 57.5 Å². The summed E-state index contributed by atoms with van der Waals surface area (Å²) in [4.78, 5) is 48.7. The molecule has 1 saturated heterocycles. The highest BCUT2D eigenvalue weighted by molar-refractivity contribution is 8.00. The number of aliphatic carboxylic acids is 1. The van der Waals surface area contributed by atoms with Gasteiger partial charge in [0.2, 0.25) is 5.91 Å². The van der Waals surface area contributed by atoms with Crippen LogP contribution in [0.2, 0.25) is 0 Å². The fourth-order valence-electron chi connectivity index (χ4n) is 3.04. The van der Waals surface area contributed by atoms with E-state index in [0.29, 0.717) is 11.1 Å². The molecule has 1 aromatic carbocycles. The minimum atomic E-state index is -1.29. The van der Waals surface area contributed by atoms with Crippen molar-refractivity contribution in [2.24, 2.45) is 5.73 Å². The van der Waals surface area contributed by atoms with E-state index in [2.05, 4.69) is 5.32 Å². The number of rotatable bonds is 6. The Hall–Kier alpha value is -2.85. The molecule has 4 N–H and O–H groups in total. The molecule has 0 radical (unpaired) electrons. The lowest BCUT2D eigenvalue weighted by molar-refractivity contribution is -0.151. The molecular weight excluding hydrogens is 386 g/mol. The number of ether oxygens (including phenoxy) is 1. The number of hydrogen-bond donors (Lipinski definition) is 3. The number of nitrogens with one attached hydrogen (secondary N) is 1. The second-order valence-corrected chi connectivity index (χ2v) is 7.43. The van der Waals surface area contributed by atoms with E-state index in [1.165, 1.54) is 18.7 Å². The molecule has 0 bridgehead atoms. The standard InChI is InChI=1S/C18H19N3O6S/c1-9(22)27-7-11-8-28-17-13(16(24)21(17)14(11)18(25)26)20-15(23)12(19)10-5-3-2-4-6-10/h2-6,12-13,17H,7-8,19H2,1H3,(H,20,23)(H,25,26)/t12-,13?,17-/m1/s1. The predicted octanol–water partition coefficient (Wildman–Crippen LogP) is -0.0119. The first kappa shape index (κ1) is 19.9. The molecule has 1 fully saturated rings. The molecule has 148 valence electrons. The largest absolute Gasteiger partial charge is 0.477 e. The smallest absolute Gasteiger partial charge is 0.352 e. The van der Waals surface area contributed by atoms with Crippen LogP contribution >= 0.6 is 11.8 Å². The summed E-state index contributed by atoms with van der Waals surface area (Å²) in [5, 5.41) is 11.6. The minimum absolute atomic E-state index is 0.198. The van der Waals surface area contributed by atoms with Gasteiger partial charge in [-0.15, -0.1) is 11.8 Å². The molecule has 2 amide bonds. The lowest BCUT2D eigenvalue weighted by Gasteiger charge is -2.49. The third-order valence-electron chi connectivity index (χ3n) is 4.44. The zero-order chi connectivity index (χ0) is 20.4. The lowest BCUT2D eigenvalue weighted by Crippen LogP contribution is -2.71. The SMILES string of the molecule is CC(=O)OCC1=C(C(=O)O)N2C(=O)C(NC(=O)[C@H](N)c3ccccc3)[C@H]2SC1. The van der Waals surface area contributed by atoms with Crippen molar-refractivity contribution in [3.63, 3.8) is 0 Å². The lowest BCUT2D eigenvalue weighted by atomic mass is 10.0. The van der Waals surface area contributed by atoms with Gasteiger partial charge in [-0.3, -0.25) is 19.3 Å². The summed E-state index contributed by atoms with van der Waals surface area (Å²) in [5.74, 6) is -2.62. The first-order chi connectivity index (χ1) is 13.3. The number of amides is 2. The van der Waals surface area contributed by atoms with Gasteiger partial charge in [-0.1, -0.05) is 30.3 Å². The maximum absolute atomic E-state index is 12.5. The van der Waals surface area contributed by atoms with Crippen LogP contribution in [0, 0.1) is 0 Å². The van der Waals surface area contributed by atoms with Crippen LogP contribution in [0.15, 0.2) is 41.6 Å². The van der Waals surface area contributed by atoms with E-state index in [-0.39, 0.29) is 18.1 Å². The summed E-state index contributed by atoms with van der Waals surface area (Å²) < 4.78 is 4.88. The normalized spacial score (nSPS) is 22.1. The second-order valence-electron chi connectivity index (χ2n) is 6.32. The van der Waals surface area contributed by atoms with Crippen molar-refractivity contribution in [2.75, 3.05) is 12.4 Å². The number of carbonyl (C=O) groups is 4. The molecule has 1 unspecified atom stereocenters. The van der Waals surface area contributed by atoms with Crippen LogP contribution < -0.4 is 11.1 Å². The van der Waals surface area contributed by atoms with Crippen molar-refractivity contribution in [2.45, 2.75) is 24.4 Å². The number of esters is 1. The fraction of sp³-hybridized carbons (Fsp3) is 0.333. The van der Waals surface area contributed by atoms with Crippen molar-refractivity contribution < 1.29 is 29.0 Å². The molecule has 2 aliphatic rings. The molecule has 0 saturated carbocycles. The van der Waals surface area contributed by atoms with Crippen molar-refractivity contribution in [3.05, 3.63) is 47.2 Å². The van der Waals surface area contributed by atoms with Crippen LogP contribution in [0.4, 0.5) is 0 Å². The van der Waals surface area contributed by atoms with Gasteiger partial charge in [0.15, 0.2) is 0 Å². The summed E-state index contributed by atoms with van der Waals surface area (Å²) in [6.45, 7) is 1.02. The highest BCUT2D eigenvalue weighted by atomic mass is 32.2. The van der Waals surface area contributed by atoms with Gasteiger partial charge >= 0.3 is 11.9 Å². The number of nitrogens with two attached hydrogens (primary N) is 1. The molecule has 3 rings (SSSR count). The van der Waals surface area contributed by atoms with E-state index in [4.69, 9.17) is 10.5 Å². The monoisotopic (exact) mass is 405 g/mol. The molecule has 28 heavy (non-hydrogen) atoms. The fourth-order valence-corrected chi connectivity index (χ4v) is 4.37. The van der Waals surface area contributed by atoms with Gasteiger partial charge in [0.1, 0.15) is 29.8 Å². The van der Waals surface area contributed by atoms with Gasteiger partial charge in [0.25, 0.3) is 5.91 Å². The molecule has 2 aliphatic heterocycles. The zero-order valence-electron chi connectivity index (χ0n) is 15.0. The Labute approximate surface area is 164 Å². The molecule has 3 atom stereocenters. The van der Waals surface area contributed by atoms with Gasteiger partial charge in [-0.25, -0.2) is 4.79 Å². The Morgan fingerprint density at radius 2 is 2.04 bits per heavy atom. The molecule has 10 heteroatoms. The van der Waals surface area contributed by atoms with Crippen molar-refractivity contribution in [1.29, 1.82) is 0 Å². The molecule has 1 aromatic rings. The summed E-state index contributed by atoms with van der Waals surface area (Å²) in [6, 6.07) is 6.92. The van der Waals surface area contributed by atoms with E-state index in [0.717, 1.165) is 4.90 Å². The molecule has 9 nitrogen and oxygen atoms in total. The van der Waals surface area contributed by atoms with Crippen molar-refractivity contribution in [3.8, 4) is 0 Å². The van der Waals surface area contributed by atoms with E-state index in [9.17, 15) is 24.3 Å². The maximum atomic E-state index is 12.5. The van der Waals surface area contributed by atoms with E-state index < -0.39 is 41.2 Å². The third kappa shape index (κ3) is 3.73. The Kier molecular flexibility index (Phi) is 5.71. The van der Waals surface area contributed by atoms with Gasteiger partial charge in [0.05, 0.1) is 0 Å². The summed E-state index contributed by atoms with van der Waals surface area (Å²) in [7, 11) is 0. The average Bonchev–Trinajstić information content (AvgIpc) is 2.69. The Bertz CT molecular complexity index is 856. The van der Waals surface area contributed by atoms with Crippen molar-refractivity contribution in [1.82, 2.24) is 10.2 Å². The number of hydrogen-bond acceptors (Lipinski definition) is 7. The highest BCUT2D eigenvalue weighted by Crippen LogP contribution is 2.40. The van der Waals surface area contributed by atoms with Gasteiger partial charge in [-0.2, -0.15) is 0 Å². The second kappa shape index (κ2) is 8.03. The molecular formula is C18H19N3O6S.